The molecule has 0 atom stereocenters. The van der Waals surface area contributed by atoms with Gasteiger partial charge in [0, 0.05) is 16.7 Å². The Bertz CT molecular complexity index is 575. The van der Waals surface area contributed by atoms with Crippen molar-refractivity contribution >= 4 is 21.6 Å². The number of phenols is 1. The second-order valence-corrected chi connectivity index (χ2v) is 4.62. The van der Waals surface area contributed by atoms with Crippen molar-refractivity contribution in [1.82, 2.24) is 0 Å². The quantitative estimate of drug-likeness (QED) is 0.896. The van der Waals surface area contributed by atoms with Crippen LogP contribution in [0.3, 0.4) is 0 Å². The van der Waals surface area contributed by atoms with Gasteiger partial charge in [-0.05, 0) is 51.8 Å². The summed E-state index contributed by atoms with van der Waals surface area (Å²) >= 11 is 3.23. The number of rotatable bonds is 3. The van der Waals surface area contributed by atoms with Gasteiger partial charge < -0.3 is 10.4 Å². The molecule has 0 aliphatic heterocycles. The molecule has 0 bridgehead atoms. The van der Waals surface area contributed by atoms with Crippen molar-refractivity contribution in [2.75, 3.05) is 5.32 Å². The number of phenolic OH excluding ortho intramolecular Hbond substituents is 1. The number of aromatic hydroxyl groups is 1. The van der Waals surface area contributed by atoms with Gasteiger partial charge in [-0.1, -0.05) is 6.07 Å². The van der Waals surface area contributed by atoms with Gasteiger partial charge in [0.25, 0.3) is 0 Å². The smallest absolute Gasteiger partial charge is 0.165 e. The van der Waals surface area contributed by atoms with Crippen molar-refractivity contribution in [2.45, 2.75) is 6.54 Å². The van der Waals surface area contributed by atoms with Gasteiger partial charge >= 0.3 is 0 Å². The SMILES string of the molecule is Oc1ccc(CNc2ccc(F)cc2Br)cc1F. The standard InChI is InChI=1S/C13H10BrF2NO/c14-10-6-9(15)2-3-12(10)17-7-8-1-4-13(18)11(16)5-8/h1-6,17-18H,7H2. The lowest BCUT2D eigenvalue weighted by Gasteiger charge is -2.09. The fourth-order valence-corrected chi connectivity index (χ4v) is 1.98. The van der Waals surface area contributed by atoms with Crippen molar-refractivity contribution in [2.24, 2.45) is 0 Å². The van der Waals surface area contributed by atoms with E-state index in [-0.39, 0.29) is 11.6 Å². The first kappa shape index (κ1) is 12.8. The summed E-state index contributed by atoms with van der Waals surface area (Å²) < 4.78 is 26.6. The van der Waals surface area contributed by atoms with E-state index >= 15 is 0 Å². The van der Waals surface area contributed by atoms with Crippen LogP contribution >= 0.6 is 15.9 Å². The Kier molecular flexibility index (Phi) is 3.81. The van der Waals surface area contributed by atoms with Crippen molar-refractivity contribution in [3.05, 3.63) is 58.1 Å². The first-order valence-electron chi connectivity index (χ1n) is 5.22. The van der Waals surface area contributed by atoms with Crippen LogP contribution in [0.25, 0.3) is 0 Å². The van der Waals surface area contributed by atoms with Gasteiger partial charge in [0.05, 0.1) is 0 Å². The van der Waals surface area contributed by atoms with E-state index in [0.29, 0.717) is 22.3 Å². The Balaban J connectivity index is 2.09. The van der Waals surface area contributed by atoms with Crippen molar-refractivity contribution in [3.63, 3.8) is 0 Å². The molecular formula is C13H10BrF2NO. The number of halogens is 3. The van der Waals surface area contributed by atoms with Crippen LogP contribution in [-0.2, 0) is 6.54 Å². The predicted molar refractivity (Wildman–Crippen MR) is 69.5 cm³/mol. The minimum atomic E-state index is -0.660. The Morgan fingerprint density at radius 2 is 1.89 bits per heavy atom. The van der Waals surface area contributed by atoms with Crippen LogP contribution in [0.15, 0.2) is 40.9 Å². The largest absolute Gasteiger partial charge is 0.505 e. The molecule has 18 heavy (non-hydrogen) atoms. The van der Waals surface area contributed by atoms with Crippen molar-refractivity contribution < 1.29 is 13.9 Å². The van der Waals surface area contributed by atoms with E-state index in [1.54, 1.807) is 12.1 Å². The minimum Gasteiger partial charge on any atom is -0.505 e. The van der Waals surface area contributed by atoms with Crippen molar-refractivity contribution in [3.8, 4) is 5.75 Å². The van der Waals surface area contributed by atoms with E-state index in [1.165, 1.54) is 24.3 Å². The maximum atomic E-state index is 13.1. The third-order valence-corrected chi connectivity index (χ3v) is 3.08. The van der Waals surface area contributed by atoms with E-state index in [9.17, 15) is 8.78 Å². The minimum absolute atomic E-state index is 0.330. The highest BCUT2D eigenvalue weighted by molar-refractivity contribution is 9.10. The summed E-state index contributed by atoms with van der Waals surface area (Å²) in [4.78, 5) is 0. The van der Waals surface area contributed by atoms with E-state index < -0.39 is 5.82 Å². The highest BCUT2D eigenvalue weighted by Crippen LogP contribution is 2.24. The maximum absolute atomic E-state index is 13.1. The molecule has 0 aromatic heterocycles. The average molecular weight is 314 g/mol. The van der Waals surface area contributed by atoms with Crippen LogP contribution in [0, 0.1) is 11.6 Å². The van der Waals surface area contributed by atoms with E-state index in [4.69, 9.17) is 5.11 Å². The summed E-state index contributed by atoms with van der Waals surface area (Å²) in [5, 5.41) is 12.1. The summed E-state index contributed by atoms with van der Waals surface area (Å²) in [5.41, 5.74) is 1.39. The highest BCUT2D eigenvalue weighted by Gasteiger charge is 2.04. The van der Waals surface area contributed by atoms with Crippen LogP contribution < -0.4 is 5.32 Å². The van der Waals surface area contributed by atoms with Crippen LogP contribution in [0.5, 0.6) is 5.75 Å². The topological polar surface area (TPSA) is 32.3 Å². The molecule has 2 rings (SSSR count). The van der Waals surface area contributed by atoms with Gasteiger partial charge in [0.2, 0.25) is 0 Å². The summed E-state index contributed by atoms with van der Waals surface area (Å²) in [7, 11) is 0. The van der Waals surface area contributed by atoms with Gasteiger partial charge in [-0.3, -0.25) is 0 Å². The average Bonchev–Trinajstić information content (AvgIpc) is 2.32. The molecule has 0 saturated heterocycles. The second kappa shape index (κ2) is 5.35. The first-order chi connectivity index (χ1) is 8.56. The molecule has 0 aliphatic rings. The molecule has 2 aromatic carbocycles. The highest BCUT2D eigenvalue weighted by atomic mass is 79.9. The Hall–Kier alpha value is -1.62. The molecule has 0 heterocycles. The fraction of sp³-hybridized carbons (Fsp3) is 0.0769. The van der Waals surface area contributed by atoms with Crippen LogP contribution in [0.4, 0.5) is 14.5 Å². The Morgan fingerprint density at radius 1 is 1.11 bits per heavy atom. The molecule has 2 N–H and O–H groups in total. The van der Waals surface area contributed by atoms with Crippen LogP contribution in [0.2, 0.25) is 0 Å². The molecule has 0 unspecified atom stereocenters. The van der Waals surface area contributed by atoms with Gasteiger partial charge in [-0.2, -0.15) is 0 Å². The molecule has 0 saturated carbocycles. The normalized spacial score (nSPS) is 10.4. The zero-order valence-electron chi connectivity index (χ0n) is 9.25. The lowest BCUT2D eigenvalue weighted by atomic mass is 10.2. The van der Waals surface area contributed by atoms with Gasteiger partial charge in [-0.15, -0.1) is 0 Å². The second-order valence-electron chi connectivity index (χ2n) is 3.76. The molecule has 0 radical (unpaired) electrons. The zero-order valence-corrected chi connectivity index (χ0v) is 10.8. The monoisotopic (exact) mass is 313 g/mol. The molecule has 94 valence electrons. The summed E-state index contributed by atoms with van der Waals surface area (Å²) in [6, 6.07) is 8.44. The first-order valence-corrected chi connectivity index (χ1v) is 6.02. The summed E-state index contributed by atoms with van der Waals surface area (Å²) in [5.74, 6) is -1.36. The zero-order chi connectivity index (χ0) is 13.1. The van der Waals surface area contributed by atoms with Gasteiger partial charge in [-0.25, -0.2) is 8.78 Å². The molecule has 0 fully saturated rings. The molecule has 0 amide bonds. The molecule has 2 nitrogen and oxygen atoms in total. The number of nitrogens with one attached hydrogen (secondary N) is 1. The summed E-state index contributed by atoms with van der Waals surface area (Å²) in [6.07, 6.45) is 0. The fourth-order valence-electron chi connectivity index (χ4n) is 1.49. The van der Waals surface area contributed by atoms with E-state index in [0.717, 1.165) is 0 Å². The van der Waals surface area contributed by atoms with E-state index in [1.807, 2.05) is 0 Å². The van der Waals surface area contributed by atoms with Crippen molar-refractivity contribution in [1.29, 1.82) is 0 Å². The Labute approximate surface area is 111 Å². The van der Waals surface area contributed by atoms with Gasteiger partial charge in [0.15, 0.2) is 11.6 Å². The Morgan fingerprint density at radius 3 is 2.56 bits per heavy atom. The third-order valence-electron chi connectivity index (χ3n) is 2.43. The molecular weight excluding hydrogens is 304 g/mol. The summed E-state index contributed by atoms with van der Waals surface area (Å²) in [6.45, 7) is 0.376. The molecule has 2 aromatic rings. The number of benzene rings is 2. The number of anilines is 1. The molecule has 0 aliphatic carbocycles. The van der Waals surface area contributed by atoms with Gasteiger partial charge in [0.1, 0.15) is 5.82 Å². The third kappa shape index (κ3) is 2.98. The molecule has 0 spiro atoms. The predicted octanol–water partition coefficient (Wildman–Crippen LogP) is 4.05. The number of hydrogen-bond acceptors (Lipinski definition) is 2. The van der Waals surface area contributed by atoms with E-state index in [2.05, 4.69) is 21.2 Å². The lowest BCUT2D eigenvalue weighted by molar-refractivity contribution is 0.432. The lowest BCUT2D eigenvalue weighted by Crippen LogP contribution is -2.00. The van der Waals surface area contributed by atoms with Crippen LogP contribution in [0.1, 0.15) is 5.56 Å². The number of hydrogen-bond donors (Lipinski definition) is 2. The van der Waals surface area contributed by atoms with Crippen LogP contribution in [-0.4, -0.2) is 5.11 Å². The maximum Gasteiger partial charge on any atom is 0.165 e. The molecule has 5 heteroatoms.